The Labute approximate surface area is 139 Å². The molecule has 7 nitrogen and oxygen atoms in total. The van der Waals surface area contributed by atoms with E-state index in [-0.39, 0.29) is 22.0 Å². The van der Waals surface area contributed by atoms with Crippen LogP contribution in [0.1, 0.15) is 10.4 Å². The van der Waals surface area contributed by atoms with Crippen molar-refractivity contribution >= 4 is 39.9 Å². The zero-order valence-corrected chi connectivity index (χ0v) is 12.7. The van der Waals surface area contributed by atoms with Crippen molar-refractivity contribution in [3.8, 4) is 0 Å². The van der Waals surface area contributed by atoms with Gasteiger partial charge in [0.05, 0.1) is 15.6 Å². The molecule has 120 valence electrons. The van der Waals surface area contributed by atoms with Crippen LogP contribution < -0.4 is 10.9 Å². The molecule has 0 aliphatic carbocycles. The molecule has 24 heavy (non-hydrogen) atoms. The van der Waals surface area contributed by atoms with Crippen LogP contribution >= 0.6 is 11.6 Å². The summed E-state index contributed by atoms with van der Waals surface area (Å²) in [5.41, 5.74) is -0.889. The first-order valence-corrected chi connectivity index (χ1v) is 7.11. The summed E-state index contributed by atoms with van der Waals surface area (Å²) >= 11 is 5.93. The summed E-state index contributed by atoms with van der Waals surface area (Å²) in [5.74, 6) is -0.767. The minimum absolute atomic E-state index is 0.0309. The molecule has 1 heterocycles. The molecule has 2 aromatic carbocycles. The van der Waals surface area contributed by atoms with Crippen molar-refractivity contribution in [3.63, 3.8) is 0 Å². The van der Waals surface area contributed by atoms with Gasteiger partial charge in [0.2, 0.25) is 0 Å². The third-order valence-corrected chi connectivity index (χ3v) is 3.62. The second-order valence-corrected chi connectivity index (χ2v) is 5.27. The molecule has 0 fully saturated rings. The number of nitrogens with zero attached hydrogens (tertiary/aromatic N) is 1. The Hall–Kier alpha value is -3.19. The Kier molecular flexibility index (Phi) is 4.01. The summed E-state index contributed by atoms with van der Waals surface area (Å²) in [6.45, 7) is 0. The van der Waals surface area contributed by atoms with Crippen LogP contribution in [0.15, 0.2) is 57.7 Å². The number of amides is 1. The van der Waals surface area contributed by atoms with Crippen LogP contribution in [-0.2, 0) is 0 Å². The third-order valence-electron chi connectivity index (χ3n) is 3.30. The van der Waals surface area contributed by atoms with Gasteiger partial charge in [-0.05, 0) is 18.2 Å². The van der Waals surface area contributed by atoms with Gasteiger partial charge in [-0.15, -0.1) is 0 Å². The third kappa shape index (κ3) is 2.97. The second-order valence-electron chi connectivity index (χ2n) is 4.86. The maximum Gasteiger partial charge on any atom is 0.349 e. The number of halogens is 1. The number of para-hydroxylation sites is 1. The molecule has 0 saturated heterocycles. The van der Waals surface area contributed by atoms with E-state index < -0.39 is 16.5 Å². The lowest BCUT2D eigenvalue weighted by Gasteiger charge is -2.07. The van der Waals surface area contributed by atoms with Crippen LogP contribution in [-0.4, -0.2) is 10.8 Å². The smallest absolute Gasteiger partial charge is 0.349 e. The largest absolute Gasteiger partial charge is 0.422 e. The Bertz CT molecular complexity index is 1030. The number of nitro groups is 1. The van der Waals surface area contributed by atoms with Crippen molar-refractivity contribution in [1.82, 2.24) is 0 Å². The Balaban J connectivity index is 1.99. The highest BCUT2D eigenvalue weighted by Crippen LogP contribution is 2.27. The van der Waals surface area contributed by atoms with Gasteiger partial charge < -0.3 is 9.73 Å². The summed E-state index contributed by atoms with van der Waals surface area (Å²) in [6, 6.07) is 11.7. The first-order chi connectivity index (χ1) is 11.5. The fourth-order valence-electron chi connectivity index (χ4n) is 2.13. The molecule has 1 amide bonds. The number of anilines is 1. The van der Waals surface area contributed by atoms with Crippen molar-refractivity contribution < 1.29 is 14.1 Å². The van der Waals surface area contributed by atoms with E-state index in [0.717, 1.165) is 6.07 Å². The number of nitro benzene ring substituents is 1. The predicted molar refractivity (Wildman–Crippen MR) is 88.5 cm³/mol. The first kappa shape index (κ1) is 15.7. The summed E-state index contributed by atoms with van der Waals surface area (Å²) in [4.78, 5) is 34.5. The van der Waals surface area contributed by atoms with Gasteiger partial charge in [0.1, 0.15) is 11.1 Å². The minimum atomic E-state index is -0.812. The van der Waals surface area contributed by atoms with Crippen molar-refractivity contribution in [2.75, 3.05) is 5.32 Å². The van der Waals surface area contributed by atoms with Gasteiger partial charge >= 0.3 is 5.63 Å². The second kappa shape index (κ2) is 6.13. The highest BCUT2D eigenvalue weighted by Gasteiger charge is 2.17. The molecule has 0 saturated carbocycles. The van der Waals surface area contributed by atoms with E-state index in [1.54, 1.807) is 24.3 Å². The lowest BCUT2D eigenvalue weighted by atomic mass is 10.1. The van der Waals surface area contributed by atoms with Crippen LogP contribution in [0.25, 0.3) is 11.0 Å². The number of fused-ring (bicyclic) bond motifs is 1. The van der Waals surface area contributed by atoms with E-state index in [1.165, 1.54) is 18.2 Å². The fraction of sp³-hybridized carbons (Fsp3) is 0. The van der Waals surface area contributed by atoms with Crippen LogP contribution in [0.5, 0.6) is 0 Å². The van der Waals surface area contributed by atoms with Gasteiger partial charge in [0, 0.05) is 17.5 Å². The van der Waals surface area contributed by atoms with Gasteiger partial charge in [-0.3, -0.25) is 14.9 Å². The van der Waals surface area contributed by atoms with Crippen LogP contribution in [0.3, 0.4) is 0 Å². The van der Waals surface area contributed by atoms with Crippen molar-refractivity contribution in [1.29, 1.82) is 0 Å². The molecule has 3 aromatic rings. The molecule has 0 aliphatic rings. The molecule has 0 spiro atoms. The monoisotopic (exact) mass is 344 g/mol. The molecule has 1 aromatic heterocycles. The van der Waals surface area contributed by atoms with Gasteiger partial charge in [-0.25, -0.2) is 4.79 Å². The molecule has 0 atom stereocenters. The van der Waals surface area contributed by atoms with Crippen molar-refractivity contribution in [2.24, 2.45) is 0 Å². The SMILES string of the molecule is O=C(Nc1cc([N+](=O)[O-])ccc1Cl)c1cc2ccccc2oc1=O. The maximum atomic E-state index is 12.3. The van der Waals surface area contributed by atoms with Crippen LogP contribution in [0.2, 0.25) is 5.02 Å². The van der Waals surface area contributed by atoms with Crippen molar-refractivity contribution in [3.05, 3.63) is 79.7 Å². The summed E-state index contributed by atoms with van der Waals surface area (Å²) < 4.78 is 5.09. The topological polar surface area (TPSA) is 102 Å². The molecular weight excluding hydrogens is 336 g/mol. The number of carbonyl (C=O) groups is 1. The van der Waals surface area contributed by atoms with E-state index >= 15 is 0 Å². The molecule has 0 unspecified atom stereocenters. The lowest BCUT2D eigenvalue weighted by molar-refractivity contribution is -0.384. The molecule has 0 radical (unpaired) electrons. The maximum absolute atomic E-state index is 12.3. The number of hydrogen-bond donors (Lipinski definition) is 1. The first-order valence-electron chi connectivity index (χ1n) is 6.74. The summed E-state index contributed by atoms with van der Waals surface area (Å²) in [6.07, 6.45) is 0. The molecule has 1 N–H and O–H groups in total. The molecule has 8 heteroatoms. The quantitative estimate of drug-likeness (QED) is 0.444. The van der Waals surface area contributed by atoms with Gasteiger partial charge in [0.25, 0.3) is 11.6 Å². The zero-order chi connectivity index (χ0) is 17.3. The number of benzene rings is 2. The van der Waals surface area contributed by atoms with Crippen LogP contribution in [0.4, 0.5) is 11.4 Å². The number of nitrogens with one attached hydrogen (secondary N) is 1. The standard InChI is InChI=1S/C16H9ClN2O5/c17-12-6-5-10(19(22)23)8-13(12)18-15(20)11-7-9-3-1-2-4-14(9)24-16(11)21/h1-8H,(H,18,20). The van der Waals surface area contributed by atoms with Crippen LogP contribution in [0, 0.1) is 10.1 Å². The molecule has 0 aliphatic heterocycles. The predicted octanol–water partition coefficient (Wildman–Crippen LogP) is 3.61. The van der Waals surface area contributed by atoms with E-state index in [9.17, 15) is 19.7 Å². The van der Waals surface area contributed by atoms with Gasteiger partial charge in [-0.1, -0.05) is 29.8 Å². The van der Waals surface area contributed by atoms with E-state index in [4.69, 9.17) is 16.0 Å². The van der Waals surface area contributed by atoms with E-state index in [0.29, 0.717) is 11.0 Å². The van der Waals surface area contributed by atoms with Gasteiger partial charge in [-0.2, -0.15) is 0 Å². The molecule has 0 bridgehead atoms. The average Bonchev–Trinajstić information content (AvgIpc) is 2.55. The normalized spacial score (nSPS) is 10.5. The minimum Gasteiger partial charge on any atom is -0.422 e. The highest BCUT2D eigenvalue weighted by molar-refractivity contribution is 6.34. The van der Waals surface area contributed by atoms with E-state index in [2.05, 4.69) is 5.32 Å². The fourth-order valence-corrected chi connectivity index (χ4v) is 2.30. The molecular formula is C16H9ClN2O5. The molecule has 3 rings (SSSR count). The number of rotatable bonds is 3. The average molecular weight is 345 g/mol. The van der Waals surface area contributed by atoms with E-state index in [1.807, 2.05) is 0 Å². The Morgan fingerprint density at radius 3 is 2.67 bits per heavy atom. The van der Waals surface area contributed by atoms with Crippen molar-refractivity contribution in [2.45, 2.75) is 0 Å². The Morgan fingerprint density at radius 2 is 1.92 bits per heavy atom. The summed E-state index contributed by atoms with van der Waals surface area (Å²) in [5, 5.41) is 13.9. The lowest BCUT2D eigenvalue weighted by Crippen LogP contribution is -2.20. The number of carbonyl (C=O) groups excluding carboxylic acids is 1. The summed E-state index contributed by atoms with van der Waals surface area (Å²) in [7, 11) is 0. The number of non-ortho nitro benzene ring substituents is 1. The van der Waals surface area contributed by atoms with Gasteiger partial charge in [0.15, 0.2) is 0 Å². The highest BCUT2D eigenvalue weighted by atomic mass is 35.5. The Morgan fingerprint density at radius 1 is 1.17 bits per heavy atom. The number of hydrogen-bond acceptors (Lipinski definition) is 5. The zero-order valence-electron chi connectivity index (χ0n) is 12.0.